The Morgan fingerprint density at radius 1 is 1.15 bits per heavy atom. The van der Waals surface area contributed by atoms with Crippen LogP contribution < -0.4 is 14.4 Å². The number of likely N-dealkylation sites (N-methyl/N-ethyl adjacent to an activating group) is 1. The number of benzene rings is 2. The Morgan fingerprint density at radius 3 is 2.41 bits per heavy atom. The third kappa shape index (κ3) is 8.02. The molecule has 0 spiro atoms. The molecule has 10 heteroatoms. The molecule has 0 bridgehead atoms. The molecule has 8 nitrogen and oxygen atoms in total. The topological polar surface area (TPSA) is 96.0 Å². The Morgan fingerprint density at radius 2 is 1.82 bits per heavy atom. The highest BCUT2D eigenvalue weighted by Gasteiger charge is 2.26. The molecule has 0 aliphatic heterocycles. The smallest absolute Gasteiger partial charge is 0.242 e. The zero-order chi connectivity index (χ0) is 25.3. The van der Waals surface area contributed by atoms with E-state index in [1.165, 1.54) is 16.3 Å². The number of ether oxygens (including phenoxy) is 1. The van der Waals surface area contributed by atoms with Gasteiger partial charge in [-0.05, 0) is 50.1 Å². The number of methoxy groups -OCH3 is 1. The van der Waals surface area contributed by atoms with Crippen molar-refractivity contribution in [1.82, 2.24) is 10.2 Å². The zero-order valence-corrected chi connectivity index (χ0v) is 22.4. The maximum atomic E-state index is 13.2. The molecular formula is C24H32BrN3O5S. The highest BCUT2D eigenvalue weighted by Crippen LogP contribution is 2.24. The van der Waals surface area contributed by atoms with Crippen LogP contribution in [-0.4, -0.2) is 57.6 Å². The first-order chi connectivity index (χ1) is 16.1. The molecule has 34 heavy (non-hydrogen) atoms. The van der Waals surface area contributed by atoms with Crippen molar-refractivity contribution in [3.05, 3.63) is 58.6 Å². The second kappa shape index (κ2) is 12.8. The maximum absolute atomic E-state index is 13.2. The lowest BCUT2D eigenvalue weighted by atomic mass is 10.1. The number of anilines is 1. The van der Waals surface area contributed by atoms with Gasteiger partial charge in [-0.3, -0.25) is 13.9 Å². The summed E-state index contributed by atoms with van der Waals surface area (Å²) in [5.41, 5.74) is 1.36. The van der Waals surface area contributed by atoms with Crippen LogP contribution >= 0.6 is 15.9 Å². The highest BCUT2D eigenvalue weighted by molar-refractivity contribution is 9.10. The normalized spacial score (nSPS) is 12.0. The minimum Gasteiger partial charge on any atom is -0.497 e. The highest BCUT2D eigenvalue weighted by atomic mass is 79.9. The van der Waals surface area contributed by atoms with Crippen molar-refractivity contribution in [3.63, 3.8) is 0 Å². The summed E-state index contributed by atoms with van der Waals surface area (Å²) in [4.78, 5) is 27.2. The van der Waals surface area contributed by atoms with Gasteiger partial charge in [0.15, 0.2) is 0 Å². The third-order valence-corrected chi connectivity index (χ3v) is 7.00. The SMILES string of the molecule is CCNC(=O)[C@H](C)N(Cc1ccc(Br)cc1)C(=O)CCCN(c1cccc(OC)c1)S(C)(=O)=O. The van der Waals surface area contributed by atoms with E-state index in [1.807, 2.05) is 31.2 Å². The number of carbonyl (C=O) groups is 2. The van der Waals surface area contributed by atoms with Crippen LogP contribution in [0.5, 0.6) is 5.75 Å². The average molecular weight is 555 g/mol. The maximum Gasteiger partial charge on any atom is 0.242 e. The molecule has 2 aromatic rings. The first kappa shape index (κ1) is 27.7. The van der Waals surface area contributed by atoms with Gasteiger partial charge in [-0.2, -0.15) is 0 Å². The van der Waals surface area contributed by atoms with Crippen LogP contribution in [0.3, 0.4) is 0 Å². The number of sulfonamides is 1. The van der Waals surface area contributed by atoms with Crippen molar-refractivity contribution in [2.45, 2.75) is 39.3 Å². The van der Waals surface area contributed by atoms with Crippen LogP contribution in [0.4, 0.5) is 5.69 Å². The van der Waals surface area contributed by atoms with Gasteiger partial charge in [0, 0.05) is 36.6 Å². The molecule has 0 aliphatic carbocycles. The number of hydrogen-bond acceptors (Lipinski definition) is 5. The van der Waals surface area contributed by atoms with Crippen LogP contribution in [0, 0.1) is 0 Å². The standard InChI is InChI=1S/C24H32BrN3O5S/c1-5-26-24(30)18(2)27(17-19-11-13-20(25)14-12-19)23(29)10-7-15-28(34(4,31)32)21-8-6-9-22(16-21)33-3/h6,8-9,11-14,16,18H,5,7,10,15,17H2,1-4H3,(H,26,30)/t18-/m0/s1. The van der Waals surface area contributed by atoms with E-state index >= 15 is 0 Å². The van der Waals surface area contributed by atoms with E-state index in [0.717, 1.165) is 16.3 Å². The monoisotopic (exact) mass is 553 g/mol. The zero-order valence-electron chi connectivity index (χ0n) is 20.0. The van der Waals surface area contributed by atoms with E-state index in [0.29, 0.717) is 24.4 Å². The molecule has 186 valence electrons. The van der Waals surface area contributed by atoms with E-state index in [2.05, 4.69) is 21.2 Å². The molecule has 1 atom stereocenters. The van der Waals surface area contributed by atoms with Crippen molar-refractivity contribution < 1.29 is 22.7 Å². The lowest BCUT2D eigenvalue weighted by Crippen LogP contribution is -2.47. The van der Waals surface area contributed by atoms with Gasteiger partial charge < -0.3 is 15.0 Å². The van der Waals surface area contributed by atoms with Crippen molar-refractivity contribution >= 4 is 43.5 Å². The van der Waals surface area contributed by atoms with Gasteiger partial charge in [0.1, 0.15) is 11.8 Å². The molecule has 0 fully saturated rings. The molecule has 0 saturated carbocycles. The van der Waals surface area contributed by atoms with Gasteiger partial charge in [-0.1, -0.05) is 34.1 Å². The Kier molecular flexibility index (Phi) is 10.4. The number of halogens is 1. The van der Waals surface area contributed by atoms with E-state index < -0.39 is 16.1 Å². The Labute approximate surface area is 210 Å². The van der Waals surface area contributed by atoms with E-state index in [9.17, 15) is 18.0 Å². The van der Waals surface area contributed by atoms with Gasteiger partial charge in [0.05, 0.1) is 19.1 Å². The number of carbonyl (C=O) groups excluding carboxylic acids is 2. The van der Waals surface area contributed by atoms with Crippen LogP contribution in [0.1, 0.15) is 32.3 Å². The van der Waals surface area contributed by atoms with Gasteiger partial charge in [-0.15, -0.1) is 0 Å². The summed E-state index contributed by atoms with van der Waals surface area (Å²) < 4.78 is 32.2. The van der Waals surface area contributed by atoms with E-state index in [1.54, 1.807) is 31.2 Å². The van der Waals surface area contributed by atoms with Crippen LogP contribution in [-0.2, 0) is 26.2 Å². The molecule has 2 rings (SSSR count). The van der Waals surface area contributed by atoms with E-state index in [-0.39, 0.29) is 31.3 Å². The van der Waals surface area contributed by atoms with Gasteiger partial charge >= 0.3 is 0 Å². The fourth-order valence-corrected chi connectivity index (χ4v) is 4.68. The van der Waals surface area contributed by atoms with Gasteiger partial charge in [0.25, 0.3) is 0 Å². The molecule has 2 aromatic carbocycles. The second-order valence-corrected chi connectivity index (χ2v) is 10.7. The predicted octanol–water partition coefficient (Wildman–Crippen LogP) is 3.56. The Hall–Kier alpha value is -2.59. The van der Waals surface area contributed by atoms with Crippen molar-refractivity contribution in [2.24, 2.45) is 0 Å². The van der Waals surface area contributed by atoms with Crippen LogP contribution in [0.25, 0.3) is 0 Å². The molecule has 0 aliphatic rings. The summed E-state index contributed by atoms with van der Waals surface area (Å²) in [5.74, 6) is 0.0848. The summed E-state index contributed by atoms with van der Waals surface area (Å²) in [6.07, 6.45) is 1.52. The number of rotatable bonds is 12. The first-order valence-electron chi connectivity index (χ1n) is 11.0. The molecule has 2 amide bonds. The van der Waals surface area contributed by atoms with Gasteiger partial charge in [0.2, 0.25) is 21.8 Å². The minimum atomic E-state index is -3.57. The summed E-state index contributed by atoms with van der Waals surface area (Å²) >= 11 is 3.40. The van der Waals surface area contributed by atoms with Crippen LogP contribution in [0.2, 0.25) is 0 Å². The summed E-state index contributed by atoms with van der Waals surface area (Å²) in [7, 11) is -2.05. The lowest BCUT2D eigenvalue weighted by molar-refractivity contribution is -0.140. The predicted molar refractivity (Wildman–Crippen MR) is 137 cm³/mol. The van der Waals surface area contributed by atoms with Crippen molar-refractivity contribution in [1.29, 1.82) is 0 Å². The molecule has 0 heterocycles. The third-order valence-electron chi connectivity index (χ3n) is 5.28. The van der Waals surface area contributed by atoms with Crippen molar-refractivity contribution in [3.8, 4) is 5.75 Å². The average Bonchev–Trinajstić information content (AvgIpc) is 2.80. The molecule has 0 radical (unpaired) electrons. The van der Waals surface area contributed by atoms with E-state index in [4.69, 9.17) is 4.74 Å². The van der Waals surface area contributed by atoms with Crippen LogP contribution in [0.15, 0.2) is 53.0 Å². The quantitative estimate of drug-likeness (QED) is 0.433. The second-order valence-electron chi connectivity index (χ2n) is 7.86. The number of nitrogens with one attached hydrogen (secondary N) is 1. The molecular weight excluding hydrogens is 522 g/mol. The first-order valence-corrected chi connectivity index (χ1v) is 13.6. The Bertz CT molecular complexity index is 1080. The summed E-state index contributed by atoms with van der Waals surface area (Å²) in [6, 6.07) is 13.6. The largest absolute Gasteiger partial charge is 0.497 e. The number of amides is 2. The number of nitrogens with zero attached hydrogens (tertiary/aromatic N) is 2. The van der Waals surface area contributed by atoms with Gasteiger partial charge in [-0.25, -0.2) is 8.42 Å². The summed E-state index contributed by atoms with van der Waals surface area (Å²) in [6.45, 7) is 4.38. The fourth-order valence-electron chi connectivity index (χ4n) is 3.46. The molecule has 1 N–H and O–H groups in total. The Balaban J connectivity index is 2.15. The molecule has 0 saturated heterocycles. The molecule has 0 aromatic heterocycles. The number of hydrogen-bond donors (Lipinski definition) is 1. The minimum absolute atomic E-state index is 0.0935. The van der Waals surface area contributed by atoms with Crippen molar-refractivity contribution in [2.75, 3.05) is 30.8 Å². The molecule has 0 unspecified atom stereocenters. The lowest BCUT2D eigenvalue weighted by Gasteiger charge is -2.29. The fraction of sp³-hybridized carbons (Fsp3) is 0.417. The summed E-state index contributed by atoms with van der Waals surface area (Å²) in [5, 5.41) is 2.76.